The maximum absolute atomic E-state index is 11.9. The average Bonchev–Trinajstić information content (AvgIpc) is 2.88. The first kappa shape index (κ1) is 15.3. The lowest BCUT2D eigenvalue weighted by molar-refractivity contribution is -0.116. The molecule has 1 aromatic carbocycles. The molecule has 1 amide bonds. The van der Waals surface area contributed by atoms with Crippen LogP contribution in [0, 0.1) is 13.8 Å². The van der Waals surface area contributed by atoms with Gasteiger partial charge in [0, 0.05) is 18.7 Å². The van der Waals surface area contributed by atoms with Crippen LogP contribution in [0.3, 0.4) is 0 Å². The van der Waals surface area contributed by atoms with Crippen LogP contribution in [-0.4, -0.2) is 12.5 Å². The number of hydrogen-bond donors (Lipinski definition) is 2. The van der Waals surface area contributed by atoms with Crippen molar-refractivity contribution in [1.29, 1.82) is 0 Å². The summed E-state index contributed by atoms with van der Waals surface area (Å²) in [6.45, 7) is 6.54. The zero-order valence-electron chi connectivity index (χ0n) is 12.8. The molecular weight excluding hydrogens is 264 g/mol. The van der Waals surface area contributed by atoms with Crippen LogP contribution in [0.15, 0.2) is 40.8 Å². The molecule has 1 heterocycles. The highest BCUT2D eigenvalue weighted by molar-refractivity contribution is 5.91. The van der Waals surface area contributed by atoms with Crippen LogP contribution in [0.25, 0.3) is 0 Å². The molecule has 0 aliphatic rings. The third-order valence-electron chi connectivity index (χ3n) is 3.41. The number of para-hydroxylation sites is 1. The number of anilines is 1. The highest BCUT2D eigenvalue weighted by Gasteiger charge is 2.10. The molecule has 4 heteroatoms. The summed E-state index contributed by atoms with van der Waals surface area (Å²) in [6, 6.07) is 11.8. The Hall–Kier alpha value is -2.07. The molecule has 4 nitrogen and oxygen atoms in total. The van der Waals surface area contributed by atoms with E-state index in [4.69, 9.17) is 4.42 Å². The van der Waals surface area contributed by atoms with E-state index in [-0.39, 0.29) is 11.9 Å². The van der Waals surface area contributed by atoms with Crippen molar-refractivity contribution in [3.63, 3.8) is 0 Å². The van der Waals surface area contributed by atoms with Crippen LogP contribution in [0.1, 0.15) is 36.5 Å². The lowest BCUT2D eigenvalue weighted by Crippen LogP contribution is -2.24. The van der Waals surface area contributed by atoms with Gasteiger partial charge in [-0.15, -0.1) is 0 Å². The zero-order valence-corrected chi connectivity index (χ0v) is 12.8. The smallest absolute Gasteiger partial charge is 0.225 e. The fraction of sp³-hybridized carbons (Fsp3) is 0.353. The molecule has 0 spiro atoms. The molecule has 0 saturated heterocycles. The molecule has 2 aromatic rings. The largest absolute Gasteiger partial charge is 0.465 e. The van der Waals surface area contributed by atoms with Crippen molar-refractivity contribution < 1.29 is 9.21 Å². The second-order valence-corrected chi connectivity index (χ2v) is 5.24. The van der Waals surface area contributed by atoms with Gasteiger partial charge in [-0.25, -0.2) is 0 Å². The Kier molecular flexibility index (Phi) is 5.17. The van der Waals surface area contributed by atoms with Crippen molar-refractivity contribution in [2.45, 2.75) is 33.2 Å². The molecule has 0 aliphatic heterocycles. The molecule has 1 aromatic heterocycles. The molecule has 0 bridgehead atoms. The summed E-state index contributed by atoms with van der Waals surface area (Å²) in [6.07, 6.45) is 0.429. The van der Waals surface area contributed by atoms with Crippen LogP contribution >= 0.6 is 0 Å². The molecular formula is C17H22N2O2. The highest BCUT2D eigenvalue weighted by Crippen LogP contribution is 2.16. The van der Waals surface area contributed by atoms with Gasteiger partial charge < -0.3 is 15.1 Å². The van der Waals surface area contributed by atoms with Crippen molar-refractivity contribution >= 4 is 11.6 Å². The first-order valence-electron chi connectivity index (χ1n) is 7.21. The second kappa shape index (κ2) is 7.09. The van der Waals surface area contributed by atoms with Gasteiger partial charge in [-0.05, 0) is 44.5 Å². The molecule has 0 radical (unpaired) electrons. The van der Waals surface area contributed by atoms with E-state index < -0.39 is 0 Å². The summed E-state index contributed by atoms with van der Waals surface area (Å²) >= 11 is 0. The summed E-state index contributed by atoms with van der Waals surface area (Å²) in [7, 11) is 0. The third kappa shape index (κ3) is 4.46. The Morgan fingerprint density at radius 1 is 1.19 bits per heavy atom. The van der Waals surface area contributed by atoms with Crippen molar-refractivity contribution in [1.82, 2.24) is 5.32 Å². The van der Waals surface area contributed by atoms with Gasteiger partial charge in [0.15, 0.2) is 0 Å². The minimum absolute atomic E-state index is 0.0135. The number of nitrogens with one attached hydrogen (secondary N) is 2. The van der Waals surface area contributed by atoms with Crippen molar-refractivity contribution in [2.24, 2.45) is 0 Å². The normalized spacial score (nSPS) is 12.1. The van der Waals surface area contributed by atoms with Crippen molar-refractivity contribution in [2.75, 3.05) is 11.9 Å². The zero-order chi connectivity index (χ0) is 15.2. The van der Waals surface area contributed by atoms with Crippen molar-refractivity contribution in [3.05, 3.63) is 53.5 Å². The van der Waals surface area contributed by atoms with Crippen molar-refractivity contribution in [3.8, 4) is 0 Å². The first-order chi connectivity index (χ1) is 10.1. The molecule has 1 atom stereocenters. The van der Waals surface area contributed by atoms with E-state index in [2.05, 4.69) is 10.6 Å². The van der Waals surface area contributed by atoms with Crippen LogP contribution in [0.2, 0.25) is 0 Å². The van der Waals surface area contributed by atoms with Gasteiger partial charge in [-0.2, -0.15) is 0 Å². The number of hydrogen-bond acceptors (Lipinski definition) is 3. The van der Waals surface area contributed by atoms with Gasteiger partial charge in [0.25, 0.3) is 0 Å². The lowest BCUT2D eigenvalue weighted by Gasteiger charge is -2.12. The van der Waals surface area contributed by atoms with E-state index in [1.165, 1.54) is 0 Å². The predicted octanol–water partition coefficient (Wildman–Crippen LogP) is 3.58. The minimum Gasteiger partial charge on any atom is -0.465 e. The number of rotatable bonds is 6. The molecule has 21 heavy (non-hydrogen) atoms. The molecule has 0 fully saturated rings. The van der Waals surface area contributed by atoms with Gasteiger partial charge in [-0.3, -0.25) is 4.79 Å². The van der Waals surface area contributed by atoms with Gasteiger partial charge in [0.2, 0.25) is 5.91 Å². The summed E-state index contributed by atoms with van der Waals surface area (Å²) in [4.78, 5) is 11.9. The topological polar surface area (TPSA) is 54.3 Å². The van der Waals surface area contributed by atoms with Crippen LogP contribution < -0.4 is 10.6 Å². The molecule has 0 saturated carbocycles. The van der Waals surface area contributed by atoms with Crippen LogP contribution in [0.4, 0.5) is 5.69 Å². The van der Waals surface area contributed by atoms with E-state index in [0.29, 0.717) is 13.0 Å². The number of furan rings is 1. The minimum atomic E-state index is 0.0135. The number of carbonyl (C=O) groups is 1. The molecule has 112 valence electrons. The Morgan fingerprint density at radius 3 is 2.62 bits per heavy atom. The van der Waals surface area contributed by atoms with Gasteiger partial charge in [-0.1, -0.05) is 18.2 Å². The summed E-state index contributed by atoms with van der Waals surface area (Å²) < 4.78 is 5.55. The standard InChI is InChI=1S/C17H22N2O2/c1-12-6-4-5-7-15(12)19-17(20)10-11-18-14(3)16-9-8-13(2)21-16/h4-9,14,18H,10-11H2,1-3H3,(H,19,20)/t14-/m1/s1. The van der Waals surface area contributed by atoms with Crippen LogP contribution in [0.5, 0.6) is 0 Å². The lowest BCUT2D eigenvalue weighted by atomic mass is 10.2. The fourth-order valence-corrected chi connectivity index (χ4v) is 2.11. The van der Waals surface area contributed by atoms with E-state index >= 15 is 0 Å². The van der Waals surface area contributed by atoms with E-state index in [0.717, 1.165) is 22.8 Å². The second-order valence-electron chi connectivity index (χ2n) is 5.24. The van der Waals surface area contributed by atoms with E-state index in [1.807, 2.05) is 57.2 Å². The monoisotopic (exact) mass is 286 g/mol. The fourth-order valence-electron chi connectivity index (χ4n) is 2.11. The number of benzene rings is 1. The van der Waals surface area contributed by atoms with Gasteiger partial charge >= 0.3 is 0 Å². The molecule has 2 rings (SSSR count). The van der Waals surface area contributed by atoms with E-state index in [9.17, 15) is 4.79 Å². The maximum Gasteiger partial charge on any atom is 0.225 e. The third-order valence-corrected chi connectivity index (χ3v) is 3.41. The Morgan fingerprint density at radius 2 is 1.95 bits per heavy atom. The highest BCUT2D eigenvalue weighted by atomic mass is 16.3. The summed E-state index contributed by atoms with van der Waals surface area (Å²) in [5.74, 6) is 1.81. The maximum atomic E-state index is 11.9. The SMILES string of the molecule is Cc1ccc([C@@H](C)NCCC(=O)Nc2ccccc2C)o1. The molecule has 0 unspecified atom stereocenters. The number of carbonyl (C=O) groups excluding carboxylic acids is 1. The summed E-state index contributed by atoms with van der Waals surface area (Å²) in [5, 5.41) is 6.21. The number of amides is 1. The van der Waals surface area contributed by atoms with Crippen LogP contribution in [-0.2, 0) is 4.79 Å². The first-order valence-corrected chi connectivity index (χ1v) is 7.21. The Labute approximate surface area is 125 Å². The molecule has 2 N–H and O–H groups in total. The average molecular weight is 286 g/mol. The van der Waals surface area contributed by atoms with Gasteiger partial charge in [0.05, 0.1) is 6.04 Å². The number of aryl methyl sites for hydroxylation is 2. The quantitative estimate of drug-likeness (QED) is 0.853. The Balaban J connectivity index is 1.76. The van der Waals surface area contributed by atoms with E-state index in [1.54, 1.807) is 0 Å². The Bertz CT molecular complexity index is 604. The predicted molar refractivity (Wildman–Crippen MR) is 84.3 cm³/mol. The molecule has 0 aliphatic carbocycles. The van der Waals surface area contributed by atoms with Gasteiger partial charge in [0.1, 0.15) is 11.5 Å². The summed E-state index contributed by atoms with van der Waals surface area (Å²) in [5.41, 5.74) is 1.94.